The highest BCUT2D eigenvalue weighted by Gasteiger charge is 2.51. The van der Waals surface area contributed by atoms with Crippen molar-refractivity contribution in [2.45, 2.75) is 63.5 Å². The molecular weight excluding hydrogens is 470 g/mol. The van der Waals surface area contributed by atoms with Gasteiger partial charge in [0.2, 0.25) is 0 Å². The maximum atomic E-state index is 7.32. The lowest BCUT2D eigenvalue weighted by Crippen LogP contribution is -2.67. The van der Waals surface area contributed by atoms with Crippen LogP contribution in [0.1, 0.15) is 57.4 Å². The van der Waals surface area contributed by atoms with Gasteiger partial charge in [0.1, 0.15) is 0 Å². The van der Waals surface area contributed by atoms with Crippen molar-refractivity contribution in [3.05, 3.63) is 75.7 Å². The van der Waals surface area contributed by atoms with Gasteiger partial charge < -0.3 is 4.43 Å². The van der Waals surface area contributed by atoms with Crippen molar-refractivity contribution in [3.63, 3.8) is 0 Å². The lowest BCUT2D eigenvalue weighted by atomic mass is 9.88. The average molecular weight is 501 g/mol. The predicted molar refractivity (Wildman–Crippen MR) is 134 cm³/mol. The molecule has 1 aromatic heterocycles. The van der Waals surface area contributed by atoms with Crippen LogP contribution in [0.2, 0.25) is 5.04 Å². The molecule has 0 spiro atoms. The van der Waals surface area contributed by atoms with Gasteiger partial charge in [-0.2, -0.15) is 0 Å². The first-order valence-electron chi connectivity index (χ1n) is 10.8. The van der Waals surface area contributed by atoms with Gasteiger partial charge in [0, 0.05) is 12.0 Å². The molecule has 0 bridgehead atoms. The Morgan fingerprint density at radius 2 is 1.43 bits per heavy atom. The number of benzene rings is 2. The molecule has 2 aromatic carbocycles. The molecule has 158 valence electrons. The van der Waals surface area contributed by atoms with Crippen molar-refractivity contribution in [2.24, 2.45) is 0 Å². The van der Waals surface area contributed by atoms with Crippen molar-refractivity contribution < 1.29 is 4.43 Å². The fourth-order valence-corrected chi connectivity index (χ4v) is 11.0. The number of nitrogens with zero attached hydrogens (tertiary/aromatic N) is 1. The smallest absolute Gasteiger partial charge is 0.261 e. The van der Waals surface area contributed by atoms with E-state index in [0.717, 1.165) is 29.5 Å². The summed E-state index contributed by atoms with van der Waals surface area (Å²) in [5.74, 6) is 0.570. The quantitative estimate of drug-likeness (QED) is 0.373. The van der Waals surface area contributed by atoms with Crippen LogP contribution < -0.4 is 10.4 Å². The molecule has 1 aliphatic rings. The average Bonchev–Trinajstić information content (AvgIpc) is 3.19. The van der Waals surface area contributed by atoms with E-state index in [1.807, 2.05) is 6.20 Å². The van der Waals surface area contributed by atoms with E-state index in [0.29, 0.717) is 12.0 Å². The molecule has 1 heterocycles. The van der Waals surface area contributed by atoms with E-state index < -0.39 is 8.32 Å². The second-order valence-electron chi connectivity index (χ2n) is 9.26. The molecule has 3 aromatic rings. The van der Waals surface area contributed by atoms with Gasteiger partial charge in [0.15, 0.2) is 0 Å². The van der Waals surface area contributed by atoms with Gasteiger partial charge in [-0.25, -0.2) is 4.98 Å². The Balaban J connectivity index is 1.64. The molecule has 5 heteroatoms. The van der Waals surface area contributed by atoms with Crippen LogP contribution in [0.15, 0.2) is 70.6 Å². The summed E-state index contributed by atoms with van der Waals surface area (Å²) >= 11 is 5.34. The van der Waals surface area contributed by atoms with E-state index in [2.05, 4.69) is 102 Å². The fourth-order valence-electron chi connectivity index (χ4n) is 4.82. The lowest BCUT2D eigenvalue weighted by Gasteiger charge is -2.46. The van der Waals surface area contributed by atoms with Crippen LogP contribution in [0.25, 0.3) is 0 Å². The van der Waals surface area contributed by atoms with Crippen LogP contribution in [0.3, 0.4) is 0 Å². The first-order chi connectivity index (χ1) is 14.4. The van der Waals surface area contributed by atoms with Crippen LogP contribution >= 0.6 is 27.3 Å². The van der Waals surface area contributed by atoms with Crippen molar-refractivity contribution in [3.8, 4) is 0 Å². The molecule has 4 rings (SSSR count). The van der Waals surface area contributed by atoms with E-state index in [1.165, 1.54) is 15.4 Å². The summed E-state index contributed by atoms with van der Waals surface area (Å²) in [6.45, 7) is 7.08. The Hall–Kier alpha value is -1.27. The van der Waals surface area contributed by atoms with E-state index in [1.54, 1.807) is 11.3 Å². The molecule has 1 aliphatic carbocycles. The Morgan fingerprint density at radius 3 is 1.87 bits per heavy atom. The number of rotatable bonds is 5. The summed E-state index contributed by atoms with van der Waals surface area (Å²) in [6.07, 6.45) is 6.76. The second kappa shape index (κ2) is 9.07. The van der Waals surface area contributed by atoms with Gasteiger partial charge in [0.25, 0.3) is 8.32 Å². The minimum absolute atomic E-state index is 0.0345. The lowest BCUT2D eigenvalue weighted by molar-refractivity contribution is 0.135. The van der Waals surface area contributed by atoms with Crippen molar-refractivity contribution >= 4 is 46.0 Å². The summed E-state index contributed by atoms with van der Waals surface area (Å²) in [6, 6.07) is 22.0. The van der Waals surface area contributed by atoms with E-state index in [-0.39, 0.29) is 5.04 Å². The molecule has 0 atom stereocenters. The zero-order valence-electron chi connectivity index (χ0n) is 18.0. The van der Waals surface area contributed by atoms with Crippen molar-refractivity contribution in [2.75, 3.05) is 0 Å². The predicted octanol–water partition coefficient (Wildman–Crippen LogP) is 6.51. The number of hydrogen-bond acceptors (Lipinski definition) is 3. The monoisotopic (exact) mass is 499 g/mol. The molecule has 1 saturated carbocycles. The minimum Gasteiger partial charge on any atom is -0.404 e. The molecule has 0 unspecified atom stereocenters. The third-order valence-electron chi connectivity index (χ3n) is 6.28. The largest absolute Gasteiger partial charge is 0.404 e. The highest BCUT2D eigenvalue weighted by Crippen LogP contribution is 2.42. The third-order valence-corrected chi connectivity index (χ3v) is 13.0. The highest BCUT2D eigenvalue weighted by molar-refractivity contribution is 9.11. The highest BCUT2D eigenvalue weighted by atomic mass is 79.9. The molecule has 0 amide bonds. The van der Waals surface area contributed by atoms with Gasteiger partial charge in [-0.15, -0.1) is 11.3 Å². The minimum atomic E-state index is -2.45. The molecular formula is C25H30BrNOSSi. The number of aromatic nitrogens is 1. The topological polar surface area (TPSA) is 22.1 Å². The number of thiazole rings is 1. The molecule has 2 nitrogen and oxygen atoms in total. The van der Waals surface area contributed by atoms with Crippen LogP contribution in [0.5, 0.6) is 0 Å². The number of halogens is 1. The Bertz CT molecular complexity index is 907. The summed E-state index contributed by atoms with van der Waals surface area (Å²) < 4.78 is 8.45. The van der Waals surface area contributed by atoms with E-state index >= 15 is 0 Å². The van der Waals surface area contributed by atoms with Crippen LogP contribution in [-0.2, 0) is 4.43 Å². The van der Waals surface area contributed by atoms with Crippen LogP contribution in [0.4, 0.5) is 0 Å². The molecule has 1 fully saturated rings. The second-order valence-corrected chi connectivity index (χ2v) is 16.0. The van der Waals surface area contributed by atoms with Gasteiger partial charge in [-0.3, -0.25) is 0 Å². The van der Waals surface area contributed by atoms with E-state index in [9.17, 15) is 0 Å². The van der Waals surface area contributed by atoms with Crippen molar-refractivity contribution in [1.29, 1.82) is 0 Å². The SMILES string of the molecule is CC(C)(C)[Si](OC1CCC(c2ncc(Br)s2)CC1)(c1ccccc1)c1ccccc1. The van der Waals surface area contributed by atoms with Crippen molar-refractivity contribution in [1.82, 2.24) is 4.98 Å². The molecule has 0 N–H and O–H groups in total. The van der Waals surface area contributed by atoms with Crippen LogP contribution in [-0.4, -0.2) is 19.4 Å². The Morgan fingerprint density at radius 1 is 0.900 bits per heavy atom. The van der Waals surface area contributed by atoms with Gasteiger partial charge in [-0.1, -0.05) is 81.4 Å². The van der Waals surface area contributed by atoms with Crippen LogP contribution in [0, 0.1) is 0 Å². The van der Waals surface area contributed by atoms with Gasteiger partial charge in [-0.05, 0) is 57.0 Å². The summed E-state index contributed by atoms with van der Waals surface area (Å²) in [5.41, 5.74) is 0. The van der Waals surface area contributed by atoms with E-state index in [4.69, 9.17) is 4.43 Å². The summed E-state index contributed by atoms with van der Waals surface area (Å²) in [5, 5.41) is 4.04. The molecule has 0 radical (unpaired) electrons. The Kier molecular flexibility index (Phi) is 6.63. The number of hydrogen-bond donors (Lipinski definition) is 0. The zero-order chi connectivity index (χ0) is 21.2. The zero-order valence-corrected chi connectivity index (χ0v) is 21.4. The maximum absolute atomic E-state index is 7.32. The molecule has 0 aliphatic heterocycles. The standard InChI is InChI=1S/C25H30BrNOSSi/c1-25(2,3)30(21-10-6-4-7-11-21,22-12-8-5-9-13-22)28-20-16-14-19(15-17-20)24-27-18-23(26)29-24/h4-13,18-20H,14-17H2,1-3H3. The third kappa shape index (κ3) is 4.36. The Labute approximate surface area is 194 Å². The summed E-state index contributed by atoms with van der Waals surface area (Å²) in [7, 11) is -2.45. The van der Waals surface area contributed by atoms with Gasteiger partial charge >= 0.3 is 0 Å². The normalized spacial score (nSPS) is 20.3. The maximum Gasteiger partial charge on any atom is 0.261 e. The first kappa shape index (κ1) is 21.9. The fraction of sp³-hybridized carbons (Fsp3) is 0.400. The molecule has 0 saturated heterocycles. The summed E-state index contributed by atoms with van der Waals surface area (Å²) in [4.78, 5) is 4.61. The van der Waals surface area contributed by atoms with Gasteiger partial charge in [0.05, 0.1) is 15.0 Å². The molecule has 30 heavy (non-hydrogen) atoms. The first-order valence-corrected chi connectivity index (χ1v) is 14.3.